The van der Waals surface area contributed by atoms with Crippen molar-refractivity contribution in [3.63, 3.8) is 0 Å². The number of benzene rings is 1. The number of morpholine rings is 1. The van der Waals surface area contributed by atoms with E-state index in [0.29, 0.717) is 24.3 Å². The molecule has 126 valence electrons. The summed E-state index contributed by atoms with van der Waals surface area (Å²) in [5.41, 5.74) is 0.497. The van der Waals surface area contributed by atoms with Crippen LogP contribution in [0.25, 0.3) is 0 Å². The van der Waals surface area contributed by atoms with Gasteiger partial charge < -0.3 is 9.47 Å². The summed E-state index contributed by atoms with van der Waals surface area (Å²) in [6, 6.07) is 8.70. The Morgan fingerprint density at radius 1 is 1.48 bits per heavy atom. The predicted molar refractivity (Wildman–Crippen MR) is 86.2 cm³/mol. The molecule has 1 atom stereocenters. The molecule has 1 aliphatic heterocycles. The van der Waals surface area contributed by atoms with Gasteiger partial charge in [0, 0.05) is 20.2 Å². The molecule has 23 heavy (non-hydrogen) atoms. The molecule has 1 aromatic carbocycles. The topological polar surface area (TPSA) is 79.6 Å². The summed E-state index contributed by atoms with van der Waals surface area (Å²) in [6.45, 7) is 4.66. The third-order valence-corrected chi connectivity index (χ3v) is 5.36. The fourth-order valence-corrected chi connectivity index (χ4v) is 4.44. The molecule has 0 unspecified atom stereocenters. The number of hydrogen-bond donors (Lipinski definition) is 0. The minimum absolute atomic E-state index is 0.127. The Morgan fingerprint density at radius 2 is 2.22 bits per heavy atom. The number of rotatable bonds is 5. The first-order chi connectivity index (χ1) is 10.8. The van der Waals surface area contributed by atoms with Crippen LogP contribution >= 0.6 is 0 Å². The molecule has 0 N–H and O–H groups in total. The van der Waals surface area contributed by atoms with Crippen molar-refractivity contribution in [3.05, 3.63) is 35.4 Å². The average Bonchev–Trinajstić information content (AvgIpc) is 2.45. The van der Waals surface area contributed by atoms with Crippen molar-refractivity contribution in [1.82, 2.24) is 4.31 Å². The standard InChI is InChI=1S/C16H22N2O4S/c1-16(2)12-18(9-15(22-16)10-21-3)23(19,20)11-14-6-4-5-13(7-14)8-17/h4-7,15H,9-12H2,1-3H3/t15-/m1/s1. The molecule has 1 saturated heterocycles. The number of methoxy groups -OCH3 is 1. The molecule has 0 aromatic heterocycles. The molecule has 7 heteroatoms. The van der Waals surface area contributed by atoms with Crippen LogP contribution in [0.4, 0.5) is 0 Å². The van der Waals surface area contributed by atoms with Crippen LogP contribution in [0.5, 0.6) is 0 Å². The van der Waals surface area contributed by atoms with Crippen molar-refractivity contribution in [2.45, 2.75) is 31.3 Å². The molecular formula is C16H22N2O4S. The van der Waals surface area contributed by atoms with Crippen LogP contribution in [0, 0.1) is 11.3 Å². The second kappa shape index (κ2) is 6.97. The van der Waals surface area contributed by atoms with E-state index in [4.69, 9.17) is 14.7 Å². The minimum atomic E-state index is -3.50. The van der Waals surface area contributed by atoms with Gasteiger partial charge in [0.2, 0.25) is 10.0 Å². The highest BCUT2D eigenvalue weighted by Crippen LogP contribution is 2.25. The maximum absolute atomic E-state index is 12.7. The van der Waals surface area contributed by atoms with Crippen LogP contribution in [-0.4, -0.2) is 51.2 Å². The van der Waals surface area contributed by atoms with Crippen molar-refractivity contribution in [2.24, 2.45) is 0 Å². The summed E-state index contributed by atoms with van der Waals surface area (Å²) < 4.78 is 37.9. The molecule has 1 fully saturated rings. The zero-order chi connectivity index (χ0) is 17.1. The number of sulfonamides is 1. The van der Waals surface area contributed by atoms with Gasteiger partial charge in [-0.3, -0.25) is 0 Å². The van der Waals surface area contributed by atoms with Gasteiger partial charge in [-0.15, -0.1) is 0 Å². The lowest BCUT2D eigenvalue weighted by Gasteiger charge is -2.41. The van der Waals surface area contributed by atoms with E-state index in [2.05, 4.69) is 0 Å². The summed E-state index contributed by atoms with van der Waals surface area (Å²) >= 11 is 0. The molecular weight excluding hydrogens is 316 g/mol. The van der Waals surface area contributed by atoms with E-state index in [0.717, 1.165) is 0 Å². The number of nitrogens with zero attached hydrogens (tertiary/aromatic N) is 2. The molecule has 0 amide bonds. The summed E-state index contributed by atoms with van der Waals surface area (Å²) in [6.07, 6.45) is -0.288. The molecule has 0 saturated carbocycles. The number of nitriles is 1. The van der Waals surface area contributed by atoms with E-state index in [1.807, 2.05) is 19.9 Å². The van der Waals surface area contributed by atoms with Crippen molar-refractivity contribution >= 4 is 10.0 Å². The predicted octanol–water partition coefficient (Wildman–Crippen LogP) is 1.51. The van der Waals surface area contributed by atoms with Gasteiger partial charge in [0.05, 0.1) is 35.7 Å². The zero-order valence-corrected chi connectivity index (χ0v) is 14.5. The van der Waals surface area contributed by atoms with Crippen LogP contribution in [0.2, 0.25) is 0 Å². The van der Waals surface area contributed by atoms with E-state index in [9.17, 15) is 8.42 Å². The van der Waals surface area contributed by atoms with E-state index in [1.54, 1.807) is 31.4 Å². The maximum atomic E-state index is 12.7. The highest BCUT2D eigenvalue weighted by atomic mass is 32.2. The zero-order valence-electron chi connectivity index (χ0n) is 13.7. The van der Waals surface area contributed by atoms with E-state index >= 15 is 0 Å². The Balaban J connectivity index is 2.19. The molecule has 0 spiro atoms. The van der Waals surface area contributed by atoms with Gasteiger partial charge in [-0.25, -0.2) is 8.42 Å². The maximum Gasteiger partial charge on any atom is 0.218 e. The van der Waals surface area contributed by atoms with Gasteiger partial charge in [-0.1, -0.05) is 12.1 Å². The second-order valence-electron chi connectivity index (χ2n) is 6.32. The fourth-order valence-electron chi connectivity index (χ4n) is 2.76. The summed E-state index contributed by atoms with van der Waals surface area (Å²) in [5.74, 6) is -0.127. The van der Waals surface area contributed by atoms with E-state index in [-0.39, 0.29) is 18.4 Å². The molecule has 0 bridgehead atoms. The van der Waals surface area contributed by atoms with Crippen molar-refractivity contribution in [1.29, 1.82) is 5.26 Å². The van der Waals surface area contributed by atoms with Gasteiger partial charge in [-0.2, -0.15) is 9.57 Å². The van der Waals surface area contributed by atoms with Crippen LogP contribution in [0.3, 0.4) is 0 Å². The lowest BCUT2D eigenvalue weighted by Crippen LogP contribution is -2.55. The molecule has 6 nitrogen and oxygen atoms in total. The van der Waals surface area contributed by atoms with Crippen molar-refractivity contribution < 1.29 is 17.9 Å². The van der Waals surface area contributed by atoms with Gasteiger partial charge in [0.1, 0.15) is 0 Å². The first-order valence-electron chi connectivity index (χ1n) is 7.39. The molecule has 0 aliphatic carbocycles. The highest BCUT2D eigenvalue weighted by Gasteiger charge is 2.38. The van der Waals surface area contributed by atoms with E-state index in [1.165, 1.54) is 4.31 Å². The first kappa shape index (κ1) is 17.9. The molecule has 0 radical (unpaired) electrons. The summed E-state index contributed by atoms with van der Waals surface area (Å²) in [7, 11) is -1.93. The second-order valence-corrected chi connectivity index (χ2v) is 8.28. The Kier molecular flexibility index (Phi) is 5.42. The summed E-state index contributed by atoms with van der Waals surface area (Å²) in [4.78, 5) is 0. The van der Waals surface area contributed by atoms with Gasteiger partial charge in [-0.05, 0) is 31.5 Å². The smallest absolute Gasteiger partial charge is 0.218 e. The number of hydrogen-bond acceptors (Lipinski definition) is 5. The van der Waals surface area contributed by atoms with E-state index < -0.39 is 15.6 Å². The fraction of sp³-hybridized carbons (Fsp3) is 0.562. The lowest BCUT2D eigenvalue weighted by atomic mass is 10.1. The van der Waals surface area contributed by atoms with Crippen LogP contribution in [0.15, 0.2) is 24.3 Å². The average molecular weight is 338 g/mol. The van der Waals surface area contributed by atoms with Crippen molar-refractivity contribution in [2.75, 3.05) is 26.8 Å². The third-order valence-electron chi connectivity index (χ3n) is 3.60. The van der Waals surface area contributed by atoms with Crippen LogP contribution < -0.4 is 0 Å². The van der Waals surface area contributed by atoms with Gasteiger partial charge >= 0.3 is 0 Å². The Labute approximate surface area is 137 Å². The molecule has 1 heterocycles. The SMILES string of the molecule is COC[C@H]1CN(S(=O)(=O)Cc2cccc(C#N)c2)CC(C)(C)O1. The Morgan fingerprint density at radius 3 is 2.87 bits per heavy atom. The van der Waals surface area contributed by atoms with Crippen LogP contribution in [-0.2, 0) is 25.2 Å². The monoisotopic (exact) mass is 338 g/mol. The lowest BCUT2D eigenvalue weighted by molar-refractivity contribution is -0.135. The first-order valence-corrected chi connectivity index (χ1v) is 9.00. The number of ether oxygens (including phenoxy) is 2. The van der Waals surface area contributed by atoms with Gasteiger partial charge in [0.15, 0.2) is 0 Å². The quantitative estimate of drug-likeness (QED) is 0.813. The minimum Gasteiger partial charge on any atom is -0.382 e. The van der Waals surface area contributed by atoms with Crippen molar-refractivity contribution in [3.8, 4) is 6.07 Å². The molecule has 2 rings (SSSR count). The molecule has 1 aliphatic rings. The Hall–Kier alpha value is -1.46. The molecule has 1 aromatic rings. The highest BCUT2D eigenvalue weighted by molar-refractivity contribution is 7.88. The summed E-state index contributed by atoms with van der Waals surface area (Å²) in [5, 5.41) is 8.93. The van der Waals surface area contributed by atoms with Gasteiger partial charge in [0.25, 0.3) is 0 Å². The van der Waals surface area contributed by atoms with Crippen LogP contribution in [0.1, 0.15) is 25.0 Å². The Bertz CT molecular complexity index is 694. The normalized spacial score (nSPS) is 21.7. The third kappa shape index (κ3) is 4.75. The largest absolute Gasteiger partial charge is 0.382 e.